The number of esters is 1. The van der Waals surface area contributed by atoms with Crippen molar-refractivity contribution in [2.24, 2.45) is 0 Å². The second kappa shape index (κ2) is 7.86. The number of benzene rings is 3. The van der Waals surface area contributed by atoms with Gasteiger partial charge in [0.05, 0.1) is 11.6 Å². The summed E-state index contributed by atoms with van der Waals surface area (Å²) in [5, 5.41) is 20.3. The number of hydrogen-bond donors (Lipinski definition) is 1. The third-order valence-electron chi connectivity index (χ3n) is 4.38. The third-order valence-corrected chi connectivity index (χ3v) is 4.38. The highest BCUT2D eigenvalue weighted by Gasteiger charge is 2.36. The highest BCUT2D eigenvalue weighted by atomic mass is 16.5. The molecule has 0 radical (unpaired) electrons. The average molecular weight is 357 g/mol. The summed E-state index contributed by atoms with van der Waals surface area (Å²) < 4.78 is 5.26. The molecule has 0 spiro atoms. The summed E-state index contributed by atoms with van der Waals surface area (Å²) in [6, 6.07) is 25.9. The standard InChI is InChI=1S/C23H19NO3/c1-23(26,22(25)27-16-17-8-4-2-5-9-17)21-13-12-19(14-20(21)15-24)18-10-6-3-7-11-18/h2-14,26H,16H2,1H3. The Morgan fingerprint density at radius 3 is 2.26 bits per heavy atom. The molecular formula is C23H19NO3. The number of carbonyl (C=O) groups excluding carboxylic acids is 1. The van der Waals surface area contributed by atoms with Crippen molar-refractivity contribution in [3.05, 3.63) is 95.6 Å². The van der Waals surface area contributed by atoms with Crippen LogP contribution in [0.1, 0.15) is 23.6 Å². The van der Waals surface area contributed by atoms with Crippen molar-refractivity contribution in [3.8, 4) is 17.2 Å². The van der Waals surface area contributed by atoms with Crippen LogP contribution in [0.4, 0.5) is 0 Å². The summed E-state index contributed by atoms with van der Waals surface area (Å²) in [6.07, 6.45) is 0. The van der Waals surface area contributed by atoms with Crippen LogP contribution in [0.3, 0.4) is 0 Å². The lowest BCUT2D eigenvalue weighted by atomic mass is 9.89. The number of nitrogens with zero attached hydrogens (tertiary/aromatic N) is 1. The van der Waals surface area contributed by atoms with Crippen molar-refractivity contribution in [1.29, 1.82) is 5.26 Å². The molecule has 4 heteroatoms. The van der Waals surface area contributed by atoms with Gasteiger partial charge in [0.25, 0.3) is 0 Å². The molecule has 0 fully saturated rings. The number of hydrogen-bond acceptors (Lipinski definition) is 4. The van der Waals surface area contributed by atoms with E-state index in [-0.39, 0.29) is 17.7 Å². The Bertz CT molecular complexity index is 974. The normalized spacial score (nSPS) is 12.6. The van der Waals surface area contributed by atoms with Gasteiger partial charge in [-0.3, -0.25) is 0 Å². The lowest BCUT2D eigenvalue weighted by Gasteiger charge is -2.23. The second-order valence-corrected chi connectivity index (χ2v) is 6.37. The average Bonchev–Trinajstić information content (AvgIpc) is 2.72. The first-order chi connectivity index (χ1) is 13.0. The maximum atomic E-state index is 12.5. The van der Waals surface area contributed by atoms with Crippen LogP contribution in [0.25, 0.3) is 11.1 Å². The van der Waals surface area contributed by atoms with Crippen LogP contribution in [0.15, 0.2) is 78.9 Å². The van der Waals surface area contributed by atoms with E-state index in [0.29, 0.717) is 0 Å². The Balaban J connectivity index is 1.85. The van der Waals surface area contributed by atoms with Gasteiger partial charge >= 0.3 is 5.97 Å². The highest BCUT2D eigenvalue weighted by molar-refractivity contribution is 5.82. The van der Waals surface area contributed by atoms with Gasteiger partial charge in [-0.25, -0.2) is 4.79 Å². The summed E-state index contributed by atoms with van der Waals surface area (Å²) >= 11 is 0. The first-order valence-corrected chi connectivity index (χ1v) is 8.56. The third kappa shape index (κ3) is 4.05. The van der Waals surface area contributed by atoms with Crippen molar-refractivity contribution < 1.29 is 14.6 Å². The van der Waals surface area contributed by atoms with Gasteiger partial charge in [0.2, 0.25) is 0 Å². The summed E-state index contributed by atoms with van der Waals surface area (Å²) in [6.45, 7) is 1.40. The van der Waals surface area contributed by atoms with Crippen molar-refractivity contribution in [2.45, 2.75) is 19.1 Å². The van der Waals surface area contributed by atoms with Crippen LogP contribution in [-0.4, -0.2) is 11.1 Å². The first-order valence-electron chi connectivity index (χ1n) is 8.56. The van der Waals surface area contributed by atoms with Gasteiger partial charge < -0.3 is 9.84 Å². The summed E-state index contributed by atoms with van der Waals surface area (Å²) in [5.41, 5.74) is 1.15. The van der Waals surface area contributed by atoms with Crippen molar-refractivity contribution >= 4 is 5.97 Å². The van der Waals surface area contributed by atoms with Crippen molar-refractivity contribution in [2.75, 3.05) is 0 Å². The SMILES string of the molecule is CC(O)(C(=O)OCc1ccccc1)c1ccc(-c2ccccc2)cc1C#N. The summed E-state index contributed by atoms with van der Waals surface area (Å²) in [4.78, 5) is 12.5. The zero-order chi connectivity index (χ0) is 19.3. The molecule has 0 aliphatic rings. The molecule has 0 aliphatic carbocycles. The largest absolute Gasteiger partial charge is 0.458 e. The molecule has 3 rings (SSSR count). The smallest absolute Gasteiger partial charge is 0.342 e. The summed E-state index contributed by atoms with van der Waals surface area (Å²) in [7, 11) is 0. The summed E-state index contributed by atoms with van der Waals surface area (Å²) in [5.74, 6) is -0.796. The minimum absolute atomic E-state index is 0.0554. The zero-order valence-electron chi connectivity index (χ0n) is 14.9. The van der Waals surface area contributed by atoms with Gasteiger partial charge in [-0.05, 0) is 29.7 Å². The molecule has 3 aromatic carbocycles. The molecule has 0 heterocycles. The Hall–Kier alpha value is -3.42. The fraction of sp³-hybridized carbons (Fsp3) is 0.130. The molecule has 0 aromatic heterocycles. The Morgan fingerprint density at radius 1 is 1.00 bits per heavy atom. The van der Waals surface area contributed by atoms with Crippen LogP contribution in [0.2, 0.25) is 0 Å². The van der Waals surface area contributed by atoms with Gasteiger partial charge in [-0.1, -0.05) is 72.8 Å². The molecule has 1 atom stereocenters. The van der Waals surface area contributed by atoms with E-state index in [1.165, 1.54) is 6.92 Å². The fourth-order valence-electron chi connectivity index (χ4n) is 2.85. The molecule has 0 saturated carbocycles. The van der Waals surface area contributed by atoms with Crippen molar-refractivity contribution in [1.82, 2.24) is 0 Å². The number of ether oxygens (including phenoxy) is 1. The first kappa shape index (κ1) is 18.4. The molecule has 1 N–H and O–H groups in total. The van der Waals surface area contributed by atoms with E-state index in [9.17, 15) is 15.2 Å². The van der Waals surface area contributed by atoms with Crippen molar-refractivity contribution in [3.63, 3.8) is 0 Å². The molecule has 0 bridgehead atoms. The van der Waals surface area contributed by atoms with E-state index in [2.05, 4.69) is 6.07 Å². The van der Waals surface area contributed by atoms with Crippen LogP contribution in [-0.2, 0) is 21.7 Å². The maximum absolute atomic E-state index is 12.5. The van der Waals surface area contributed by atoms with E-state index in [0.717, 1.165) is 16.7 Å². The molecule has 134 valence electrons. The molecule has 27 heavy (non-hydrogen) atoms. The quantitative estimate of drug-likeness (QED) is 0.696. The van der Waals surface area contributed by atoms with Gasteiger partial charge in [-0.2, -0.15) is 5.26 Å². The van der Waals surface area contributed by atoms with E-state index >= 15 is 0 Å². The molecule has 0 aliphatic heterocycles. The molecule has 1 unspecified atom stereocenters. The Kier molecular flexibility index (Phi) is 5.35. The van der Waals surface area contributed by atoms with E-state index in [4.69, 9.17) is 4.74 Å². The van der Waals surface area contributed by atoms with E-state index in [1.807, 2.05) is 60.7 Å². The highest BCUT2D eigenvalue weighted by Crippen LogP contribution is 2.30. The molecule has 0 saturated heterocycles. The fourth-order valence-corrected chi connectivity index (χ4v) is 2.85. The second-order valence-electron chi connectivity index (χ2n) is 6.37. The van der Waals surface area contributed by atoms with E-state index in [1.54, 1.807) is 18.2 Å². The molecule has 0 amide bonds. The predicted octanol–water partition coefficient (Wildman–Crippen LogP) is 4.18. The van der Waals surface area contributed by atoms with Crippen LogP contribution in [0, 0.1) is 11.3 Å². The molecule has 3 aromatic rings. The number of carbonyl (C=O) groups is 1. The zero-order valence-corrected chi connectivity index (χ0v) is 14.9. The van der Waals surface area contributed by atoms with Gasteiger partial charge in [0, 0.05) is 5.56 Å². The Labute approximate surface area is 158 Å². The number of rotatable bonds is 5. The number of aliphatic hydroxyl groups is 1. The topological polar surface area (TPSA) is 70.3 Å². The lowest BCUT2D eigenvalue weighted by molar-refractivity contribution is -0.166. The van der Waals surface area contributed by atoms with Gasteiger partial charge in [0.1, 0.15) is 6.61 Å². The van der Waals surface area contributed by atoms with Crippen LogP contribution < -0.4 is 0 Å². The van der Waals surface area contributed by atoms with E-state index < -0.39 is 11.6 Å². The molecular weight excluding hydrogens is 338 g/mol. The lowest BCUT2D eigenvalue weighted by Crippen LogP contribution is -2.34. The van der Waals surface area contributed by atoms with Crippen LogP contribution >= 0.6 is 0 Å². The maximum Gasteiger partial charge on any atom is 0.342 e. The molecule has 4 nitrogen and oxygen atoms in total. The minimum atomic E-state index is -1.92. The van der Waals surface area contributed by atoms with Gasteiger partial charge in [-0.15, -0.1) is 0 Å². The monoisotopic (exact) mass is 357 g/mol. The number of nitriles is 1. The minimum Gasteiger partial charge on any atom is -0.458 e. The van der Waals surface area contributed by atoms with Crippen LogP contribution in [0.5, 0.6) is 0 Å². The predicted molar refractivity (Wildman–Crippen MR) is 102 cm³/mol. The Morgan fingerprint density at radius 2 is 1.63 bits per heavy atom. The van der Waals surface area contributed by atoms with Gasteiger partial charge in [0.15, 0.2) is 5.60 Å².